The van der Waals surface area contributed by atoms with E-state index in [0.29, 0.717) is 23.8 Å². The number of esters is 1. The fraction of sp³-hybridized carbons (Fsp3) is 0.419. The van der Waals surface area contributed by atoms with Crippen LogP contribution in [0.2, 0.25) is 0 Å². The maximum Gasteiger partial charge on any atom is 0.344 e. The van der Waals surface area contributed by atoms with Gasteiger partial charge in [0.1, 0.15) is 0 Å². The smallest absolute Gasteiger partial charge is 0.344 e. The summed E-state index contributed by atoms with van der Waals surface area (Å²) in [5.74, 6) is -0.620. The van der Waals surface area contributed by atoms with Crippen LogP contribution in [0.15, 0.2) is 56.8 Å². The van der Waals surface area contributed by atoms with E-state index >= 15 is 0 Å². The van der Waals surface area contributed by atoms with Gasteiger partial charge in [0.05, 0.1) is 35.8 Å². The molecule has 0 spiro atoms. The summed E-state index contributed by atoms with van der Waals surface area (Å²) in [6.07, 6.45) is 0.804. The molecule has 2 amide bonds. The van der Waals surface area contributed by atoms with Crippen molar-refractivity contribution in [2.24, 2.45) is 29.6 Å². The van der Waals surface area contributed by atoms with Crippen LogP contribution in [0.5, 0.6) is 11.5 Å². The average molecular weight is 686 g/mol. The number of imide groups is 1. The second-order valence-corrected chi connectivity index (χ2v) is 14.3. The highest BCUT2D eigenvalue weighted by molar-refractivity contribution is 9.10. The number of anilines is 1. The van der Waals surface area contributed by atoms with Crippen molar-refractivity contribution >= 4 is 62.5 Å². The lowest BCUT2D eigenvalue weighted by atomic mass is 9.68. The Morgan fingerprint density at radius 1 is 0.977 bits per heavy atom. The van der Waals surface area contributed by atoms with Crippen LogP contribution in [-0.2, 0) is 19.1 Å². The van der Waals surface area contributed by atoms with Crippen molar-refractivity contribution in [3.8, 4) is 11.5 Å². The number of hydrogen-bond donors (Lipinski definition) is 1. The topological polar surface area (TPSA) is 115 Å². The number of thiazole rings is 1. The highest BCUT2D eigenvalue weighted by Crippen LogP contribution is 2.68. The number of H-pyrrole nitrogens is 1. The van der Waals surface area contributed by atoms with Crippen LogP contribution >= 0.6 is 39.0 Å². The molecule has 6 unspecified atom stereocenters. The molecule has 12 heteroatoms. The molecule has 3 fully saturated rings. The van der Waals surface area contributed by atoms with E-state index in [1.807, 2.05) is 31.2 Å². The zero-order valence-electron chi connectivity index (χ0n) is 23.4. The fourth-order valence-electron chi connectivity index (χ4n) is 7.68. The number of carbonyl (C=O) groups excluding carboxylic acids is 3. The van der Waals surface area contributed by atoms with Gasteiger partial charge in [-0.15, -0.1) is 11.8 Å². The molecule has 7 rings (SSSR count). The van der Waals surface area contributed by atoms with Gasteiger partial charge in [-0.3, -0.25) is 19.3 Å². The summed E-state index contributed by atoms with van der Waals surface area (Å²) in [6.45, 7) is 4.04. The van der Waals surface area contributed by atoms with Crippen LogP contribution in [-0.4, -0.2) is 47.8 Å². The number of ether oxygens (including phenoxy) is 3. The van der Waals surface area contributed by atoms with Crippen molar-refractivity contribution in [2.45, 2.75) is 36.5 Å². The molecule has 3 heterocycles. The molecule has 224 valence electrons. The van der Waals surface area contributed by atoms with E-state index in [-0.39, 0.29) is 70.7 Å². The second kappa shape index (κ2) is 11.1. The number of aromatic nitrogens is 1. The number of fused-ring (bicyclic) bond motifs is 9. The van der Waals surface area contributed by atoms with E-state index < -0.39 is 5.97 Å². The monoisotopic (exact) mass is 684 g/mol. The van der Waals surface area contributed by atoms with Gasteiger partial charge in [0, 0.05) is 20.5 Å². The molecule has 0 radical (unpaired) electrons. The predicted molar refractivity (Wildman–Crippen MR) is 165 cm³/mol. The maximum atomic E-state index is 14.0. The summed E-state index contributed by atoms with van der Waals surface area (Å²) in [4.78, 5) is 57.6. The van der Waals surface area contributed by atoms with Crippen molar-refractivity contribution in [1.29, 1.82) is 0 Å². The van der Waals surface area contributed by atoms with Crippen LogP contribution in [0.3, 0.4) is 0 Å². The van der Waals surface area contributed by atoms with Crippen LogP contribution < -0.4 is 19.2 Å². The lowest BCUT2D eigenvalue weighted by molar-refractivity contribution is -0.145. The Hall–Kier alpha value is -3.09. The summed E-state index contributed by atoms with van der Waals surface area (Å²) < 4.78 is 17.6. The number of hydrogen-bond acceptors (Lipinski definition) is 9. The van der Waals surface area contributed by atoms with Crippen molar-refractivity contribution in [1.82, 2.24) is 4.98 Å². The molecule has 2 saturated carbocycles. The first-order valence-electron chi connectivity index (χ1n) is 14.4. The first kappa shape index (κ1) is 28.7. The molecule has 9 nitrogen and oxygen atoms in total. The Morgan fingerprint density at radius 3 is 2.44 bits per heavy atom. The Kier molecular flexibility index (Phi) is 7.41. The Labute approximate surface area is 264 Å². The third-order valence-electron chi connectivity index (χ3n) is 9.09. The third kappa shape index (κ3) is 4.64. The van der Waals surface area contributed by atoms with Gasteiger partial charge in [0.15, 0.2) is 18.1 Å². The summed E-state index contributed by atoms with van der Waals surface area (Å²) in [6, 6.07) is 13.0. The molecule has 7 atom stereocenters. The molecule has 4 aliphatic rings. The summed E-state index contributed by atoms with van der Waals surface area (Å²) in [7, 11) is 0. The number of aromatic amines is 1. The van der Waals surface area contributed by atoms with Crippen molar-refractivity contribution in [2.75, 3.05) is 24.7 Å². The first-order valence-corrected chi connectivity index (χ1v) is 16.9. The summed E-state index contributed by atoms with van der Waals surface area (Å²) in [5, 5.41) is 0.915. The highest BCUT2D eigenvalue weighted by atomic mass is 79.9. The Balaban J connectivity index is 1.26. The van der Waals surface area contributed by atoms with Crippen LogP contribution in [0, 0.1) is 29.6 Å². The standard InChI is InChI=1S/C31H29BrN2O7S2/c1-3-39-20-11-14(5-10-19(20)41-13-21(35)40-4-2)22-23-17-12-18(26(23)42-28-27(22)43-31(38)33-28)25-24(17)29(36)34(30(25)37)16-8-6-15(32)7-9-16/h5-11,17-18,22-26H,3-4,12-13H2,1-2H3,(H,33,38)/t17?,18?,22-,23?,24?,25?,26?/m1/s1. The zero-order valence-corrected chi connectivity index (χ0v) is 26.6. The lowest BCUT2D eigenvalue weighted by Crippen LogP contribution is -2.42. The van der Waals surface area contributed by atoms with E-state index in [1.54, 1.807) is 36.9 Å². The highest BCUT2D eigenvalue weighted by Gasteiger charge is 2.69. The summed E-state index contributed by atoms with van der Waals surface area (Å²) in [5.41, 5.74) is 1.55. The molecule has 1 N–H and O–H groups in total. The van der Waals surface area contributed by atoms with Gasteiger partial charge in [-0.25, -0.2) is 4.79 Å². The molecule has 43 heavy (non-hydrogen) atoms. The minimum absolute atomic E-state index is 0.00460. The van der Waals surface area contributed by atoms with Gasteiger partial charge in [-0.2, -0.15) is 0 Å². The first-order chi connectivity index (χ1) is 20.8. The quantitative estimate of drug-likeness (QED) is 0.254. The van der Waals surface area contributed by atoms with Crippen molar-refractivity contribution in [3.05, 3.63) is 67.0 Å². The van der Waals surface area contributed by atoms with Gasteiger partial charge in [0.2, 0.25) is 11.8 Å². The number of amides is 2. The molecule has 3 aromatic rings. The van der Waals surface area contributed by atoms with Gasteiger partial charge in [0.25, 0.3) is 0 Å². The fourth-order valence-corrected chi connectivity index (χ4v) is 10.8. The molecule has 2 aliphatic heterocycles. The Morgan fingerprint density at radius 2 is 1.72 bits per heavy atom. The molecular weight excluding hydrogens is 656 g/mol. The number of nitrogens with zero attached hydrogens (tertiary/aromatic N) is 1. The number of halogens is 1. The second-order valence-electron chi connectivity index (χ2n) is 11.2. The average Bonchev–Trinajstić information content (AvgIpc) is 3.72. The van der Waals surface area contributed by atoms with Gasteiger partial charge >= 0.3 is 10.8 Å². The molecular formula is C31H29BrN2O7S2. The van der Waals surface area contributed by atoms with Gasteiger partial charge < -0.3 is 19.2 Å². The van der Waals surface area contributed by atoms with Crippen molar-refractivity contribution < 1.29 is 28.6 Å². The molecule has 1 saturated heterocycles. The maximum absolute atomic E-state index is 14.0. The number of rotatable bonds is 8. The minimum atomic E-state index is -0.465. The Bertz CT molecular complexity index is 1670. The van der Waals surface area contributed by atoms with Gasteiger partial charge in [-0.05, 0) is 80.0 Å². The molecule has 2 aliphatic carbocycles. The van der Waals surface area contributed by atoms with Crippen LogP contribution in [0.25, 0.3) is 0 Å². The molecule has 1 aromatic heterocycles. The van der Waals surface area contributed by atoms with Crippen molar-refractivity contribution in [3.63, 3.8) is 0 Å². The van der Waals surface area contributed by atoms with E-state index in [0.717, 1.165) is 26.4 Å². The van der Waals surface area contributed by atoms with Crippen LogP contribution in [0.4, 0.5) is 5.69 Å². The van der Waals surface area contributed by atoms with E-state index in [2.05, 4.69) is 20.9 Å². The third-order valence-corrected chi connectivity index (χ3v) is 12.2. The normalized spacial score (nSPS) is 28.4. The number of thioether (sulfide) groups is 1. The minimum Gasteiger partial charge on any atom is -0.490 e. The SMILES string of the molecule is CCOC(=O)COc1ccc([C@H]2c3sc(=O)[nH]c3SC3C4CC(C5C(=O)N(c6ccc(Br)cc6)C(=O)C45)C32)cc1OCC. The predicted octanol–water partition coefficient (Wildman–Crippen LogP) is 5.22. The largest absolute Gasteiger partial charge is 0.490 e. The van der Waals surface area contributed by atoms with Crippen LogP contribution in [0.1, 0.15) is 36.6 Å². The molecule has 2 aromatic carbocycles. The van der Waals surface area contributed by atoms with E-state index in [1.165, 1.54) is 16.2 Å². The summed E-state index contributed by atoms with van der Waals surface area (Å²) >= 11 is 6.30. The number of nitrogens with one attached hydrogen (secondary N) is 1. The number of carbonyl (C=O) groups is 3. The van der Waals surface area contributed by atoms with Gasteiger partial charge in [-0.1, -0.05) is 33.3 Å². The van der Waals surface area contributed by atoms with E-state index in [9.17, 15) is 19.2 Å². The van der Waals surface area contributed by atoms with E-state index in [4.69, 9.17) is 14.2 Å². The lowest BCUT2D eigenvalue weighted by Gasteiger charge is -2.43. The number of benzene rings is 2. The molecule has 2 bridgehead atoms. The zero-order chi connectivity index (χ0) is 30.0.